The van der Waals surface area contributed by atoms with Crippen LogP contribution in [-0.4, -0.2) is 30.0 Å². The maximum atomic E-state index is 5.69. The number of alkyl halides is 2. The van der Waals surface area contributed by atoms with E-state index in [9.17, 15) is 0 Å². The summed E-state index contributed by atoms with van der Waals surface area (Å²) in [6, 6.07) is 14.0. The topological polar surface area (TPSA) is 31.4 Å². The third-order valence-corrected chi connectivity index (χ3v) is 4.18. The van der Waals surface area contributed by atoms with E-state index in [0.717, 1.165) is 46.1 Å². The lowest BCUT2D eigenvalue weighted by molar-refractivity contribution is 0.318. The van der Waals surface area contributed by atoms with Gasteiger partial charge in [0, 0.05) is 34.7 Å². The molecule has 0 aliphatic carbocycles. The Morgan fingerprint density at radius 2 is 1.20 bits per heavy atom. The van der Waals surface area contributed by atoms with E-state index in [0.29, 0.717) is 25.0 Å². The fourth-order valence-electron chi connectivity index (χ4n) is 2.45. The molecule has 0 unspecified atom stereocenters. The number of benzene rings is 2. The van der Waals surface area contributed by atoms with Crippen LogP contribution in [-0.2, 0) is 0 Å². The number of ether oxygens (including phenoxy) is 2. The van der Waals surface area contributed by atoms with E-state index in [-0.39, 0.29) is 12.4 Å². The van der Waals surface area contributed by atoms with Crippen LogP contribution in [0, 0.1) is 0 Å². The summed E-state index contributed by atoms with van der Waals surface area (Å²) in [5.41, 5.74) is 1.81. The zero-order valence-electron chi connectivity index (χ0n) is 13.7. The van der Waals surface area contributed by atoms with Crippen molar-refractivity contribution in [1.29, 1.82) is 0 Å². The van der Waals surface area contributed by atoms with Gasteiger partial charge >= 0.3 is 0 Å². The van der Waals surface area contributed by atoms with E-state index < -0.39 is 0 Å². The molecule has 0 saturated carbocycles. The molecule has 0 bridgehead atoms. The van der Waals surface area contributed by atoms with Crippen LogP contribution in [0.4, 0.5) is 0 Å². The molecule has 1 aromatic heterocycles. The number of rotatable bonds is 8. The molecule has 3 rings (SSSR count). The second-order valence-electron chi connectivity index (χ2n) is 5.48. The highest BCUT2D eigenvalue weighted by atomic mass is 35.5. The van der Waals surface area contributed by atoms with Crippen LogP contribution >= 0.6 is 35.6 Å². The van der Waals surface area contributed by atoms with Crippen molar-refractivity contribution in [3.63, 3.8) is 0 Å². The lowest BCUT2D eigenvalue weighted by Crippen LogP contribution is -1.98. The molecule has 0 fully saturated rings. The summed E-state index contributed by atoms with van der Waals surface area (Å²) in [6.45, 7) is 1.22. The zero-order chi connectivity index (χ0) is 16.8. The first-order valence-corrected chi connectivity index (χ1v) is 9.09. The Hall–Kier alpha value is -1.42. The maximum Gasteiger partial charge on any atom is 0.121 e. The van der Waals surface area contributed by atoms with Gasteiger partial charge in [0.25, 0.3) is 0 Å². The van der Waals surface area contributed by atoms with Crippen LogP contribution in [0.25, 0.3) is 21.8 Å². The number of pyridine rings is 1. The molecule has 0 aliphatic rings. The van der Waals surface area contributed by atoms with Gasteiger partial charge in [0.15, 0.2) is 0 Å². The smallest absolute Gasteiger partial charge is 0.121 e. The molecule has 0 N–H and O–H groups in total. The summed E-state index contributed by atoms with van der Waals surface area (Å²) in [5.74, 6) is 2.83. The van der Waals surface area contributed by atoms with Gasteiger partial charge in [0.05, 0.1) is 24.2 Å². The molecule has 0 spiro atoms. The Bertz CT molecular complexity index is 761. The van der Waals surface area contributed by atoms with Crippen molar-refractivity contribution in [2.24, 2.45) is 0 Å². The SMILES string of the molecule is Cl.ClCCCOc1ccc2cc3ccc(OCCCCl)cc3nc2c1. The van der Waals surface area contributed by atoms with Gasteiger partial charge in [0.1, 0.15) is 11.5 Å². The second kappa shape index (κ2) is 9.91. The lowest BCUT2D eigenvalue weighted by Gasteiger charge is -2.09. The van der Waals surface area contributed by atoms with E-state index in [1.165, 1.54) is 0 Å². The number of hydrogen-bond acceptors (Lipinski definition) is 3. The van der Waals surface area contributed by atoms with E-state index in [4.69, 9.17) is 37.7 Å². The average molecular weight is 401 g/mol. The van der Waals surface area contributed by atoms with E-state index in [1.807, 2.05) is 36.4 Å². The molecule has 0 aliphatic heterocycles. The molecule has 0 amide bonds. The minimum Gasteiger partial charge on any atom is -0.493 e. The monoisotopic (exact) mass is 399 g/mol. The predicted octanol–water partition coefficient (Wildman–Crippen LogP) is 5.83. The lowest BCUT2D eigenvalue weighted by atomic mass is 10.1. The van der Waals surface area contributed by atoms with Crippen LogP contribution in [0.15, 0.2) is 42.5 Å². The summed E-state index contributed by atoms with van der Waals surface area (Å²) in [5, 5.41) is 2.17. The Morgan fingerprint density at radius 1 is 0.720 bits per heavy atom. The molecule has 0 radical (unpaired) electrons. The van der Waals surface area contributed by atoms with Crippen LogP contribution in [0.1, 0.15) is 12.8 Å². The summed E-state index contributed by atoms with van der Waals surface area (Å²) >= 11 is 11.4. The molecule has 3 aromatic rings. The van der Waals surface area contributed by atoms with Crippen molar-refractivity contribution in [1.82, 2.24) is 4.98 Å². The minimum absolute atomic E-state index is 0. The van der Waals surface area contributed by atoms with Crippen LogP contribution < -0.4 is 9.47 Å². The van der Waals surface area contributed by atoms with E-state index >= 15 is 0 Å². The molecular formula is C19H20Cl3NO2. The molecule has 3 nitrogen and oxygen atoms in total. The summed E-state index contributed by atoms with van der Waals surface area (Å²) in [4.78, 5) is 4.74. The zero-order valence-corrected chi connectivity index (χ0v) is 16.0. The Kier molecular flexibility index (Phi) is 7.89. The first-order chi connectivity index (χ1) is 11.8. The van der Waals surface area contributed by atoms with E-state index in [1.54, 1.807) is 0 Å². The van der Waals surface area contributed by atoms with Gasteiger partial charge in [-0.25, -0.2) is 4.98 Å². The van der Waals surface area contributed by atoms with Crippen LogP contribution in [0.3, 0.4) is 0 Å². The standard InChI is InChI=1S/C19H19Cl2NO2.ClH/c20-7-1-9-23-16-5-3-14-11-15-4-6-17(24-10-2-8-21)13-19(15)22-18(14)12-16;/h3-6,11-13H,1-2,7-10H2;1H. The van der Waals surface area contributed by atoms with Crippen LogP contribution in [0.2, 0.25) is 0 Å². The number of nitrogens with zero attached hydrogens (tertiary/aromatic N) is 1. The first-order valence-electron chi connectivity index (χ1n) is 8.02. The molecule has 2 aromatic carbocycles. The third-order valence-electron chi connectivity index (χ3n) is 3.65. The summed E-state index contributed by atoms with van der Waals surface area (Å²) in [6.07, 6.45) is 1.65. The quantitative estimate of drug-likeness (QED) is 0.271. The highest BCUT2D eigenvalue weighted by molar-refractivity contribution is 6.18. The van der Waals surface area contributed by atoms with Crippen molar-refractivity contribution in [3.05, 3.63) is 42.5 Å². The van der Waals surface area contributed by atoms with E-state index in [2.05, 4.69) is 6.07 Å². The van der Waals surface area contributed by atoms with Crippen molar-refractivity contribution in [2.45, 2.75) is 12.8 Å². The van der Waals surface area contributed by atoms with Gasteiger partial charge in [-0.05, 0) is 43.2 Å². The second-order valence-corrected chi connectivity index (χ2v) is 6.24. The van der Waals surface area contributed by atoms with Gasteiger partial charge in [0.2, 0.25) is 0 Å². The van der Waals surface area contributed by atoms with Gasteiger partial charge in [-0.2, -0.15) is 0 Å². The Labute approximate surface area is 163 Å². The molecule has 0 atom stereocenters. The van der Waals surface area contributed by atoms with Gasteiger partial charge in [-0.1, -0.05) is 0 Å². The fraction of sp³-hybridized carbons (Fsp3) is 0.316. The van der Waals surface area contributed by atoms with Gasteiger partial charge < -0.3 is 9.47 Å². The first kappa shape index (κ1) is 19.9. The molecule has 6 heteroatoms. The number of halogens is 3. The van der Waals surface area contributed by atoms with Gasteiger partial charge in [-0.3, -0.25) is 0 Å². The van der Waals surface area contributed by atoms with Gasteiger partial charge in [-0.15, -0.1) is 35.6 Å². The fourth-order valence-corrected chi connectivity index (χ4v) is 2.67. The highest BCUT2D eigenvalue weighted by Crippen LogP contribution is 2.26. The Balaban J connectivity index is 0.00000225. The third kappa shape index (κ3) is 5.27. The largest absolute Gasteiger partial charge is 0.493 e. The molecule has 25 heavy (non-hydrogen) atoms. The van der Waals surface area contributed by atoms with Crippen molar-refractivity contribution < 1.29 is 9.47 Å². The molecule has 134 valence electrons. The molecular weight excluding hydrogens is 381 g/mol. The van der Waals surface area contributed by atoms with Crippen molar-refractivity contribution in [2.75, 3.05) is 25.0 Å². The minimum atomic E-state index is 0. The normalized spacial score (nSPS) is 10.6. The summed E-state index contributed by atoms with van der Waals surface area (Å²) in [7, 11) is 0. The maximum absolute atomic E-state index is 5.69. The average Bonchev–Trinajstić information content (AvgIpc) is 2.60. The number of aromatic nitrogens is 1. The van der Waals surface area contributed by atoms with Crippen molar-refractivity contribution in [3.8, 4) is 11.5 Å². The summed E-state index contributed by atoms with van der Waals surface area (Å²) < 4.78 is 11.4. The molecule has 0 saturated heterocycles. The van der Waals surface area contributed by atoms with Crippen molar-refractivity contribution >= 4 is 57.4 Å². The highest BCUT2D eigenvalue weighted by Gasteiger charge is 2.04. The Morgan fingerprint density at radius 3 is 1.64 bits per heavy atom. The number of hydrogen-bond donors (Lipinski definition) is 0. The predicted molar refractivity (Wildman–Crippen MR) is 108 cm³/mol. The van der Waals surface area contributed by atoms with Crippen LogP contribution in [0.5, 0.6) is 11.5 Å². The molecule has 1 heterocycles. The number of fused-ring (bicyclic) bond motifs is 2.